The zero-order chi connectivity index (χ0) is 7.68. The molecule has 4 heteroatoms. The quantitative estimate of drug-likeness (QED) is 0.654. The van der Waals surface area contributed by atoms with Crippen LogP contribution in [0, 0.1) is 0 Å². The van der Waals surface area contributed by atoms with Crippen molar-refractivity contribution in [2.24, 2.45) is 5.73 Å². The average molecular weight is 150 g/mol. The molecule has 0 atom stereocenters. The summed E-state index contributed by atoms with van der Waals surface area (Å²) in [6, 6.07) is 0. The van der Waals surface area contributed by atoms with Crippen LogP contribution in [0.2, 0.25) is 0 Å². The minimum atomic E-state index is 0.383. The third-order valence-corrected chi connectivity index (χ3v) is 1.80. The lowest BCUT2D eigenvalue weighted by Gasteiger charge is -1.96. The van der Waals surface area contributed by atoms with E-state index in [4.69, 9.17) is 5.73 Å². The second-order valence-corrected chi connectivity index (χ2v) is 2.78. The number of aromatic nitrogens is 3. The summed E-state index contributed by atoms with van der Waals surface area (Å²) in [6.07, 6.45) is 4.21. The molecule has 1 aliphatic carbocycles. The van der Waals surface area contributed by atoms with E-state index in [9.17, 15) is 0 Å². The van der Waals surface area contributed by atoms with Gasteiger partial charge in [0, 0.05) is 5.92 Å². The van der Waals surface area contributed by atoms with Crippen molar-refractivity contribution in [1.82, 2.24) is 15.2 Å². The van der Waals surface area contributed by atoms with Crippen LogP contribution in [0.5, 0.6) is 0 Å². The Bertz CT molecular complexity index is 256. The molecule has 4 nitrogen and oxygen atoms in total. The zero-order valence-electron chi connectivity index (χ0n) is 6.20. The van der Waals surface area contributed by atoms with Crippen molar-refractivity contribution in [2.75, 3.05) is 0 Å². The van der Waals surface area contributed by atoms with Gasteiger partial charge in [-0.2, -0.15) is 5.10 Å². The molecule has 0 aliphatic heterocycles. The van der Waals surface area contributed by atoms with Gasteiger partial charge < -0.3 is 5.73 Å². The third kappa shape index (κ3) is 1.35. The van der Waals surface area contributed by atoms with E-state index in [1.165, 1.54) is 12.8 Å². The summed E-state index contributed by atoms with van der Waals surface area (Å²) in [7, 11) is 0. The second-order valence-electron chi connectivity index (χ2n) is 2.78. The van der Waals surface area contributed by atoms with Crippen molar-refractivity contribution in [3.05, 3.63) is 17.7 Å². The maximum atomic E-state index is 5.37. The van der Waals surface area contributed by atoms with Gasteiger partial charge in [0.25, 0.3) is 0 Å². The molecule has 2 rings (SSSR count). The fourth-order valence-electron chi connectivity index (χ4n) is 1.02. The number of rotatable bonds is 2. The van der Waals surface area contributed by atoms with E-state index in [0.717, 1.165) is 5.69 Å². The SMILES string of the molecule is NCc1nncc(C2CC2)n1. The van der Waals surface area contributed by atoms with Gasteiger partial charge in [-0.05, 0) is 12.8 Å². The molecule has 0 unspecified atom stereocenters. The minimum absolute atomic E-state index is 0.383. The van der Waals surface area contributed by atoms with E-state index in [1.807, 2.05) is 0 Å². The Balaban J connectivity index is 2.26. The first-order chi connectivity index (χ1) is 5.40. The van der Waals surface area contributed by atoms with Crippen LogP contribution in [0.3, 0.4) is 0 Å². The fourth-order valence-corrected chi connectivity index (χ4v) is 1.02. The predicted molar refractivity (Wildman–Crippen MR) is 39.7 cm³/mol. The van der Waals surface area contributed by atoms with Crippen LogP contribution in [-0.4, -0.2) is 15.2 Å². The molecule has 11 heavy (non-hydrogen) atoms. The topological polar surface area (TPSA) is 64.7 Å². The first-order valence-corrected chi connectivity index (χ1v) is 3.78. The second kappa shape index (κ2) is 2.54. The lowest BCUT2D eigenvalue weighted by Crippen LogP contribution is -2.05. The number of hydrogen-bond acceptors (Lipinski definition) is 4. The summed E-state index contributed by atoms with van der Waals surface area (Å²) in [5.41, 5.74) is 6.43. The maximum absolute atomic E-state index is 5.37. The van der Waals surface area contributed by atoms with Gasteiger partial charge in [-0.25, -0.2) is 4.98 Å². The van der Waals surface area contributed by atoms with Crippen molar-refractivity contribution in [3.8, 4) is 0 Å². The van der Waals surface area contributed by atoms with Gasteiger partial charge in [0.1, 0.15) is 0 Å². The monoisotopic (exact) mass is 150 g/mol. The van der Waals surface area contributed by atoms with E-state index in [2.05, 4.69) is 15.2 Å². The van der Waals surface area contributed by atoms with Gasteiger partial charge in [0.05, 0.1) is 18.4 Å². The van der Waals surface area contributed by atoms with Gasteiger partial charge in [-0.3, -0.25) is 0 Å². The Labute approximate surface area is 64.9 Å². The van der Waals surface area contributed by atoms with Crippen molar-refractivity contribution >= 4 is 0 Å². The molecule has 0 bridgehead atoms. The van der Waals surface area contributed by atoms with Gasteiger partial charge in [-0.1, -0.05) is 0 Å². The highest BCUT2D eigenvalue weighted by Gasteiger charge is 2.25. The van der Waals surface area contributed by atoms with Crippen LogP contribution in [0.25, 0.3) is 0 Å². The summed E-state index contributed by atoms with van der Waals surface area (Å²) in [5, 5.41) is 7.61. The van der Waals surface area contributed by atoms with E-state index >= 15 is 0 Å². The van der Waals surface area contributed by atoms with Crippen LogP contribution < -0.4 is 5.73 Å². The fraction of sp³-hybridized carbons (Fsp3) is 0.571. The Hall–Kier alpha value is -1.03. The molecule has 1 aromatic heterocycles. The smallest absolute Gasteiger partial charge is 0.164 e. The summed E-state index contributed by atoms with van der Waals surface area (Å²) in [5.74, 6) is 1.28. The summed E-state index contributed by atoms with van der Waals surface area (Å²) in [6.45, 7) is 0.383. The molecule has 1 heterocycles. The number of nitrogens with two attached hydrogens (primary N) is 1. The number of nitrogens with zero attached hydrogens (tertiary/aromatic N) is 3. The lowest BCUT2D eigenvalue weighted by atomic mass is 10.3. The summed E-state index contributed by atoms with van der Waals surface area (Å²) in [4.78, 5) is 4.25. The number of hydrogen-bond donors (Lipinski definition) is 1. The summed E-state index contributed by atoms with van der Waals surface area (Å²) < 4.78 is 0. The molecule has 1 aliphatic rings. The molecule has 0 aromatic carbocycles. The summed E-state index contributed by atoms with van der Waals surface area (Å²) >= 11 is 0. The maximum Gasteiger partial charge on any atom is 0.164 e. The van der Waals surface area contributed by atoms with E-state index in [0.29, 0.717) is 18.3 Å². The Kier molecular flexibility index (Phi) is 1.54. The largest absolute Gasteiger partial charge is 0.324 e. The molecule has 1 fully saturated rings. The van der Waals surface area contributed by atoms with Gasteiger partial charge in [0.15, 0.2) is 5.82 Å². The molecule has 1 saturated carbocycles. The molecule has 0 spiro atoms. The molecule has 0 saturated heterocycles. The molecular weight excluding hydrogens is 140 g/mol. The predicted octanol–water partition coefficient (Wildman–Crippen LogP) is 0.208. The molecule has 2 N–H and O–H groups in total. The van der Waals surface area contributed by atoms with Gasteiger partial charge in [0.2, 0.25) is 0 Å². The highest BCUT2D eigenvalue weighted by Crippen LogP contribution is 2.38. The van der Waals surface area contributed by atoms with E-state index in [1.54, 1.807) is 6.20 Å². The Morgan fingerprint density at radius 1 is 1.55 bits per heavy atom. The van der Waals surface area contributed by atoms with Crippen molar-refractivity contribution in [3.63, 3.8) is 0 Å². The standard InChI is InChI=1S/C7H10N4/c8-3-7-10-6(4-9-11-7)5-1-2-5/h4-5H,1-3,8H2. The minimum Gasteiger partial charge on any atom is -0.324 e. The molecule has 0 radical (unpaired) electrons. The van der Waals surface area contributed by atoms with Crippen LogP contribution in [0.15, 0.2) is 6.20 Å². The molecule has 58 valence electrons. The van der Waals surface area contributed by atoms with Crippen LogP contribution in [0.4, 0.5) is 0 Å². The zero-order valence-corrected chi connectivity index (χ0v) is 6.20. The molecular formula is C7H10N4. The van der Waals surface area contributed by atoms with Crippen LogP contribution in [-0.2, 0) is 6.54 Å². The average Bonchev–Trinajstić information content (AvgIpc) is 2.87. The molecule has 1 aromatic rings. The third-order valence-electron chi connectivity index (χ3n) is 1.80. The van der Waals surface area contributed by atoms with E-state index < -0.39 is 0 Å². The van der Waals surface area contributed by atoms with Gasteiger partial charge in [-0.15, -0.1) is 5.10 Å². The van der Waals surface area contributed by atoms with Crippen LogP contribution in [0.1, 0.15) is 30.3 Å². The van der Waals surface area contributed by atoms with Gasteiger partial charge >= 0.3 is 0 Å². The first-order valence-electron chi connectivity index (χ1n) is 3.78. The highest BCUT2D eigenvalue weighted by atomic mass is 15.1. The lowest BCUT2D eigenvalue weighted by molar-refractivity contribution is 0.793. The van der Waals surface area contributed by atoms with Crippen LogP contribution >= 0.6 is 0 Å². The van der Waals surface area contributed by atoms with Crippen molar-refractivity contribution in [2.45, 2.75) is 25.3 Å². The first kappa shape index (κ1) is 6.67. The Morgan fingerprint density at radius 2 is 2.36 bits per heavy atom. The van der Waals surface area contributed by atoms with E-state index in [-0.39, 0.29) is 0 Å². The van der Waals surface area contributed by atoms with Crippen molar-refractivity contribution in [1.29, 1.82) is 0 Å². The van der Waals surface area contributed by atoms with Crippen molar-refractivity contribution < 1.29 is 0 Å². The Morgan fingerprint density at radius 3 is 3.00 bits per heavy atom. The molecule has 0 amide bonds. The highest BCUT2D eigenvalue weighted by molar-refractivity contribution is 5.10. The normalized spacial score (nSPS) is 16.8.